The highest BCUT2D eigenvalue weighted by molar-refractivity contribution is 6.42. The van der Waals surface area contributed by atoms with Gasteiger partial charge < -0.3 is 9.47 Å². The molecule has 3 aromatic rings. The van der Waals surface area contributed by atoms with Gasteiger partial charge in [-0.05, 0) is 66.9 Å². The second-order valence-electron chi connectivity index (χ2n) is 8.26. The molecule has 0 atom stereocenters. The summed E-state index contributed by atoms with van der Waals surface area (Å²) < 4.78 is 12.0. The van der Waals surface area contributed by atoms with Gasteiger partial charge in [-0.15, -0.1) is 6.58 Å². The third kappa shape index (κ3) is 5.90. The maximum Gasteiger partial charge on any atom is 0.335 e. The molecule has 0 saturated carbocycles. The van der Waals surface area contributed by atoms with Crippen LogP contribution in [0.2, 0.25) is 10.0 Å². The number of benzene rings is 3. The van der Waals surface area contributed by atoms with E-state index in [1.807, 2.05) is 25.1 Å². The van der Waals surface area contributed by atoms with E-state index in [4.69, 9.17) is 32.7 Å². The summed E-state index contributed by atoms with van der Waals surface area (Å²) in [5, 5.41) is 3.00. The molecule has 4 amide bonds. The number of rotatable bonds is 9. The summed E-state index contributed by atoms with van der Waals surface area (Å²) in [7, 11) is 0. The second-order valence-corrected chi connectivity index (χ2v) is 9.10. The van der Waals surface area contributed by atoms with Crippen LogP contribution in [0.4, 0.5) is 10.5 Å². The fourth-order valence-corrected chi connectivity index (χ4v) is 4.39. The summed E-state index contributed by atoms with van der Waals surface area (Å²) in [5.41, 5.74) is 2.06. The Morgan fingerprint density at radius 2 is 1.79 bits per heavy atom. The van der Waals surface area contributed by atoms with Gasteiger partial charge in [0.2, 0.25) is 0 Å². The average molecular weight is 551 g/mol. The van der Waals surface area contributed by atoms with Crippen molar-refractivity contribution >= 4 is 52.8 Å². The number of allylic oxidation sites excluding steroid dienone is 1. The Kier molecular flexibility index (Phi) is 8.51. The van der Waals surface area contributed by atoms with Gasteiger partial charge in [0.1, 0.15) is 12.2 Å². The molecule has 0 aromatic heterocycles. The number of para-hydroxylation sites is 1. The Labute approximate surface area is 230 Å². The summed E-state index contributed by atoms with van der Waals surface area (Å²) in [4.78, 5) is 39.4. The zero-order valence-electron chi connectivity index (χ0n) is 20.5. The van der Waals surface area contributed by atoms with Crippen LogP contribution in [0.1, 0.15) is 23.6 Å². The number of urea groups is 1. The van der Waals surface area contributed by atoms with Crippen molar-refractivity contribution in [1.29, 1.82) is 0 Å². The molecule has 1 aliphatic rings. The van der Waals surface area contributed by atoms with Gasteiger partial charge in [-0.3, -0.25) is 14.9 Å². The fraction of sp³-hybridized carbons (Fsp3) is 0.138. The average Bonchev–Trinajstić information content (AvgIpc) is 2.87. The van der Waals surface area contributed by atoms with E-state index in [-0.39, 0.29) is 22.9 Å². The first kappa shape index (κ1) is 27.0. The largest absolute Gasteiger partial charge is 0.490 e. The number of amides is 4. The molecule has 1 saturated heterocycles. The second kappa shape index (κ2) is 12.0. The van der Waals surface area contributed by atoms with Crippen molar-refractivity contribution in [2.24, 2.45) is 0 Å². The van der Waals surface area contributed by atoms with Crippen LogP contribution in [0.15, 0.2) is 78.9 Å². The van der Waals surface area contributed by atoms with Crippen LogP contribution in [0.5, 0.6) is 11.5 Å². The van der Waals surface area contributed by atoms with E-state index >= 15 is 0 Å². The normalized spacial score (nSPS) is 14.4. The van der Waals surface area contributed by atoms with Crippen LogP contribution in [0.3, 0.4) is 0 Å². The summed E-state index contributed by atoms with van der Waals surface area (Å²) in [6, 6.07) is 16.3. The van der Waals surface area contributed by atoms with Crippen LogP contribution in [-0.2, 0) is 22.6 Å². The van der Waals surface area contributed by atoms with Crippen LogP contribution in [-0.4, -0.2) is 24.5 Å². The first-order valence-corrected chi connectivity index (χ1v) is 12.5. The molecule has 0 radical (unpaired) electrons. The maximum atomic E-state index is 13.3. The van der Waals surface area contributed by atoms with Crippen molar-refractivity contribution in [3.63, 3.8) is 0 Å². The van der Waals surface area contributed by atoms with Gasteiger partial charge in [0.15, 0.2) is 11.5 Å². The molecular weight excluding hydrogens is 527 g/mol. The number of hydrogen-bond donors (Lipinski definition) is 1. The van der Waals surface area contributed by atoms with E-state index in [9.17, 15) is 14.4 Å². The van der Waals surface area contributed by atoms with Gasteiger partial charge in [0.05, 0.1) is 17.3 Å². The molecule has 1 aliphatic heterocycles. The van der Waals surface area contributed by atoms with Crippen LogP contribution < -0.4 is 19.7 Å². The lowest BCUT2D eigenvalue weighted by molar-refractivity contribution is -0.122. The van der Waals surface area contributed by atoms with E-state index in [2.05, 4.69) is 11.9 Å². The Morgan fingerprint density at radius 3 is 2.50 bits per heavy atom. The molecule has 0 spiro atoms. The zero-order chi connectivity index (χ0) is 27.2. The van der Waals surface area contributed by atoms with E-state index in [1.165, 1.54) is 12.1 Å². The number of barbiturate groups is 1. The van der Waals surface area contributed by atoms with Crippen molar-refractivity contribution in [2.75, 3.05) is 11.5 Å². The first-order valence-electron chi connectivity index (χ1n) is 11.8. The van der Waals surface area contributed by atoms with Crippen molar-refractivity contribution < 1.29 is 23.9 Å². The highest BCUT2D eigenvalue weighted by Gasteiger charge is 2.37. The molecule has 3 aromatic carbocycles. The SMILES string of the molecule is C=CCc1cc(/C=C2\C(=O)NC(=O)N(c3ccccc3Cl)C2=O)cc(OCC)c1OCc1cccc(Cl)c1. The number of nitrogens with zero attached hydrogens (tertiary/aromatic N) is 1. The van der Waals surface area contributed by atoms with Gasteiger partial charge >= 0.3 is 6.03 Å². The molecule has 4 rings (SSSR count). The Bertz CT molecular complexity index is 1450. The third-order valence-electron chi connectivity index (χ3n) is 5.60. The van der Waals surface area contributed by atoms with Crippen molar-refractivity contribution in [1.82, 2.24) is 5.32 Å². The minimum absolute atomic E-state index is 0.169. The number of imide groups is 2. The minimum atomic E-state index is -0.877. The molecule has 1 fully saturated rings. The molecule has 1 N–H and O–H groups in total. The van der Waals surface area contributed by atoms with E-state index in [1.54, 1.807) is 42.5 Å². The van der Waals surface area contributed by atoms with Crippen LogP contribution in [0, 0.1) is 0 Å². The van der Waals surface area contributed by atoms with Gasteiger partial charge in [0, 0.05) is 10.6 Å². The van der Waals surface area contributed by atoms with E-state index in [0.29, 0.717) is 35.1 Å². The van der Waals surface area contributed by atoms with Crippen molar-refractivity contribution in [3.8, 4) is 11.5 Å². The highest BCUT2D eigenvalue weighted by atomic mass is 35.5. The summed E-state index contributed by atoms with van der Waals surface area (Å²) >= 11 is 12.3. The molecule has 9 heteroatoms. The predicted octanol–water partition coefficient (Wildman–Crippen LogP) is 6.37. The lowest BCUT2D eigenvalue weighted by Gasteiger charge is -2.27. The molecular formula is C29H24Cl2N2O5. The quantitative estimate of drug-likeness (QED) is 0.190. The summed E-state index contributed by atoms with van der Waals surface area (Å²) in [5.74, 6) is -0.659. The predicted molar refractivity (Wildman–Crippen MR) is 148 cm³/mol. The summed E-state index contributed by atoms with van der Waals surface area (Å²) in [6.45, 7) is 6.27. The number of nitrogens with one attached hydrogen (secondary N) is 1. The maximum absolute atomic E-state index is 13.3. The Balaban J connectivity index is 1.73. The molecule has 194 valence electrons. The molecule has 7 nitrogen and oxygen atoms in total. The molecule has 1 heterocycles. The first-order chi connectivity index (χ1) is 18.3. The number of anilines is 1. The topological polar surface area (TPSA) is 84.9 Å². The zero-order valence-corrected chi connectivity index (χ0v) is 22.0. The number of carbonyl (C=O) groups excluding carboxylic acids is 3. The van der Waals surface area contributed by atoms with E-state index in [0.717, 1.165) is 16.0 Å². The van der Waals surface area contributed by atoms with Crippen LogP contribution >= 0.6 is 23.2 Å². The number of ether oxygens (including phenoxy) is 2. The molecule has 0 unspecified atom stereocenters. The molecule has 0 bridgehead atoms. The monoisotopic (exact) mass is 550 g/mol. The lowest BCUT2D eigenvalue weighted by Crippen LogP contribution is -2.54. The fourth-order valence-electron chi connectivity index (χ4n) is 3.96. The Hall–Kier alpha value is -4.07. The summed E-state index contributed by atoms with van der Waals surface area (Å²) in [6.07, 6.45) is 3.56. The van der Waals surface area contributed by atoms with Crippen molar-refractivity contribution in [2.45, 2.75) is 20.0 Å². The number of carbonyl (C=O) groups is 3. The smallest absolute Gasteiger partial charge is 0.335 e. The minimum Gasteiger partial charge on any atom is -0.490 e. The third-order valence-corrected chi connectivity index (χ3v) is 6.15. The molecule has 0 aliphatic carbocycles. The standard InChI is InChI=1S/C29H24Cl2N2O5/c1-3-8-20-13-19(16-25(37-4-2)26(20)38-17-18-9-7-10-21(30)14-18)15-22-27(34)32-29(36)33(28(22)35)24-12-6-5-11-23(24)31/h3,5-7,9-16H,1,4,8,17H2,2H3,(H,32,34,36)/b22-15+. The molecule has 38 heavy (non-hydrogen) atoms. The van der Waals surface area contributed by atoms with Gasteiger partial charge in [-0.25, -0.2) is 9.69 Å². The Morgan fingerprint density at radius 1 is 1.00 bits per heavy atom. The highest BCUT2D eigenvalue weighted by Crippen LogP contribution is 2.36. The van der Waals surface area contributed by atoms with Crippen molar-refractivity contribution in [3.05, 3.63) is 106 Å². The van der Waals surface area contributed by atoms with E-state index < -0.39 is 17.8 Å². The number of halogens is 2. The van der Waals surface area contributed by atoms with Crippen LogP contribution in [0.25, 0.3) is 6.08 Å². The van der Waals surface area contributed by atoms with Gasteiger partial charge in [0.25, 0.3) is 11.8 Å². The van der Waals surface area contributed by atoms with Gasteiger partial charge in [-0.1, -0.05) is 53.5 Å². The van der Waals surface area contributed by atoms with Gasteiger partial charge in [-0.2, -0.15) is 0 Å². The number of hydrogen-bond acceptors (Lipinski definition) is 5. The lowest BCUT2D eigenvalue weighted by atomic mass is 10.0.